The molecular weight excluding hydrogens is 236 g/mol. The van der Waals surface area contributed by atoms with Crippen molar-refractivity contribution in [2.75, 3.05) is 7.11 Å². The number of hydrogen-bond donors (Lipinski definition) is 1. The zero-order chi connectivity index (χ0) is 13.0. The number of amidine groups is 1. The first-order valence-corrected chi connectivity index (χ1v) is 5.12. The maximum absolute atomic E-state index is 11.6. The molecule has 0 radical (unpaired) electrons. The smallest absolute Gasteiger partial charge is 0.334 e. The van der Waals surface area contributed by atoms with Gasteiger partial charge in [-0.2, -0.15) is 0 Å². The van der Waals surface area contributed by atoms with Gasteiger partial charge in [0.25, 0.3) is 5.91 Å². The third-order valence-electron chi connectivity index (χ3n) is 2.19. The molecule has 1 aromatic carbocycles. The van der Waals surface area contributed by atoms with E-state index in [-0.39, 0.29) is 5.76 Å². The number of carbonyl (C=O) groups excluding carboxylic acids is 2. The SMILES string of the molecule is COC(=O)/C=C1\ON=C(c2ccccc2)NC1=O. The number of esters is 1. The van der Waals surface area contributed by atoms with Crippen molar-refractivity contribution in [2.45, 2.75) is 0 Å². The Morgan fingerprint density at radius 3 is 2.72 bits per heavy atom. The number of ether oxygens (including phenoxy) is 1. The molecule has 0 aliphatic carbocycles. The molecular formula is C12H10N2O4. The Morgan fingerprint density at radius 1 is 1.39 bits per heavy atom. The number of rotatable bonds is 2. The molecule has 0 spiro atoms. The number of carbonyl (C=O) groups is 2. The van der Waals surface area contributed by atoms with E-state index in [0.29, 0.717) is 11.4 Å². The van der Waals surface area contributed by atoms with Crippen LogP contribution in [0.2, 0.25) is 0 Å². The molecule has 0 saturated carbocycles. The van der Waals surface area contributed by atoms with Gasteiger partial charge in [0.15, 0.2) is 5.84 Å². The van der Waals surface area contributed by atoms with Gasteiger partial charge < -0.3 is 14.9 Å². The second kappa shape index (κ2) is 5.13. The minimum Gasteiger partial charge on any atom is -0.466 e. The third-order valence-corrected chi connectivity index (χ3v) is 2.19. The fourth-order valence-electron chi connectivity index (χ4n) is 1.31. The van der Waals surface area contributed by atoms with E-state index in [1.165, 1.54) is 7.11 Å². The average molecular weight is 246 g/mol. The summed E-state index contributed by atoms with van der Waals surface area (Å²) in [7, 11) is 1.21. The molecule has 0 unspecified atom stereocenters. The Hall–Kier alpha value is -2.63. The number of amides is 1. The summed E-state index contributed by atoms with van der Waals surface area (Å²) in [6.45, 7) is 0. The first-order chi connectivity index (χ1) is 8.70. The zero-order valence-corrected chi connectivity index (χ0v) is 9.54. The van der Waals surface area contributed by atoms with E-state index in [1.54, 1.807) is 12.1 Å². The van der Waals surface area contributed by atoms with Crippen molar-refractivity contribution in [3.8, 4) is 0 Å². The van der Waals surface area contributed by atoms with Crippen LogP contribution in [-0.4, -0.2) is 24.8 Å². The van der Waals surface area contributed by atoms with Crippen molar-refractivity contribution >= 4 is 17.7 Å². The first-order valence-electron chi connectivity index (χ1n) is 5.12. The molecule has 1 N–H and O–H groups in total. The highest BCUT2D eigenvalue weighted by Gasteiger charge is 2.22. The highest BCUT2D eigenvalue weighted by atomic mass is 16.6. The van der Waals surface area contributed by atoms with Gasteiger partial charge in [-0.3, -0.25) is 4.79 Å². The molecule has 0 aromatic heterocycles. The molecule has 2 rings (SSSR count). The van der Waals surface area contributed by atoms with Crippen molar-refractivity contribution in [3.05, 3.63) is 47.7 Å². The van der Waals surface area contributed by atoms with E-state index >= 15 is 0 Å². The number of nitrogens with zero attached hydrogens (tertiary/aromatic N) is 1. The number of nitrogens with one attached hydrogen (secondary N) is 1. The lowest BCUT2D eigenvalue weighted by Crippen LogP contribution is -2.36. The van der Waals surface area contributed by atoms with Gasteiger partial charge in [-0.15, -0.1) is 0 Å². The Morgan fingerprint density at radius 2 is 2.11 bits per heavy atom. The van der Waals surface area contributed by atoms with Crippen LogP contribution in [0.5, 0.6) is 0 Å². The number of hydrogen-bond acceptors (Lipinski definition) is 5. The van der Waals surface area contributed by atoms with Crippen LogP contribution in [0.3, 0.4) is 0 Å². The van der Waals surface area contributed by atoms with E-state index in [4.69, 9.17) is 4.84 Å². The third kappa shape index (κ3) is 2.54. The van der Waals surface area contributed by atoms with Crippen LogP contribution in [0, 0.1) is 0 Å². The predicted molar refractivity (Wildman–Crippen MR) is 62.3 cm³/mol. The Balaban J connectivity index is 2.20. The van der Waals surface area contributed by atoms with Crippen molar-refractivity contribution in [2.24, 2.45) is 5.16 Å². The fourth-order valence-corrected chi connectivity index (χ4v) is 1.31. The topological polar surface area (TPSA) is 77.0 Å². The van der Waals surface area contributed by atoms with Gasteiger partial charge in [-0.1, -0.05) is 35.5 Å². The molecule has 6 nitrogen and oxygen atoms in total. The van der Waals surface area contributed by atoms with E-state index in [0.717, 1.165) is 6.08 Å². The lowest BCUT2D eigenvalue weighted by Gasteiger charge is -2.14. The van der Waals surface area contributed by atoms with Crippen LogP contribution >= 0.6 is 0 Å². The maximum atomic E-state index is 11.6. The Bertz CT molecular complexity index is 534. The van der Waals surface area contributed by atoms with Gasteiger partial charge in [-0.05, 0) is 0 Å². The highest BCUT2D eigenvalue weighted by molar-refractivity contribution is 6.14. The number of methoxy groups -OCH3 is 1. The second-order valence-electron chi connectivity index (χ2n) is 3.38. The second-order valence-corrected chi connectivity index (χ2v) is 3.38. The Labute approximate surface area is 103 Å². The molecule has 0 saturated heterocycles. The van der Waals surface area contributed by atoms with Gasteiger partial charge in [0.2, 0.25) is 5.76 Å². The van der Waals surface area contributed by atoms with Crippen molar-refractivity contribution in [1.29, 1.82) is 0 Å². The van der Waals surface area contributed by atoms with E-state index in [9.17, 15) is 9.59 Å². The van der Waals surface area contributed by atoms with Gasteiger partial charge in [0, 0.05) is 5.56 Å². The van der Waals surface area contributed by atoms with Crippen LogP contribution in [0.15, 0.2) is 47.3 Å². The summed E-state index contributed by atoms with van der Waals surface area (Å²) in [6, 6.07) is 9.01. The monoisotopic (exact) mass is 246 g/mol. The largest absolute Gasteiger partial charge is 0.466 e. The van der Waals surface area contributed by atoms with Crippen LogP contribution in [-0.2, 0) is 19.2 Å². The quantitative estimate of drug-likeness (QED) is 0.610. The van der Waals surface area contributed by atoms with Crippen LogP contribution in [0.1, 0.15) is 5.56 Å². The first kappa shape index (κ1) is 11.8. The summed E-state index contributed by atoms with van der Waals surface area (Å²) in [5.41, 5.74) is 0.711. The minimum atomic E-state index is -0.682. The van der Waals surface area contributed by atoms with Gasteiger partial charge in [-0.25, -0.2) is 4.79 Å². The van der Waals surface area contributed by atoms with Crippen LogP contribution in [0.25, 0.3) is 0 Å². The summed E-state index contributed by atoms with van der Waals surface area (Å²) < 4.78 is 4.39. The van der Waals surface area contributed by atoms with Crippen molar-refractivity contribution < 1.29 is 19.2 Å². The van der Waals surface area contributed by atoms with Crippen molar-refractivity contribution in [1.82, 2.24) is 5.32 Å². The molecule has 0 fully saturated rings. The molecule has 92 valence electrons. The summed E-state index contributed by atoms with van der Waals surface area (Å²) >= 11 is 0. The van der Waals surface area contributed by atoms with Gasteiger partial charge in [0.05, 0.1) is 13.2 Å². The average Bonchev–Trinajstić information content (AvgIpc) is 2.42. The van der Waals surface area contributed by atoms with E-state index in [1.807, 2.05) is 18.2 Å². The predicted octanol–water partition coefficient (Wildman–Crippen LogP) is 0.551. The number of benzene rings is 1. The normalized spacial score (nSPS) is 16.6. The van der Waals surface area contributed by atoms with Gasteiger partial charge in [0.1, 0.15) is 0 Å². The summed E-state index contributed by atoms with van der Waals surface area (Å²) in [5.74, 6) is -1.14. The molecule has 18 heavy (non-hydrogen) atoms. The number of oxime groups is 1. The molecule has 1 aromatic rings. The highest BCUT2D eigenvalue weighted by Crippen LogP contribution is 2.09. The molecule has 0 atom stereocenters. The maximum Gasteiger partial charge on any atom is 0.334 e. The van der Waals surface area contributed by atoms with Gasteiger partial charge >= 0.3 is 5.97 Å². The van der Waals surface area contributed by atoms with E-state index < -0.39 is 11.9 Å². The summed E-state index contributed by atoms with van der Waals surface area (Å²) in [5, 5.41) is 6.25. The standard InChI is InChI=1S/C12H10N2O4/c1-17-10(15)7-9-12(16)13-11(14-18-9)8-5-3-2-4-6-8/h2-7H,1H3,(H,13,14,16)/b9-7-. The van der Waals surface area contributed by atoms with Crippen LogP contribution in [0.4, 0.5) is 0 Å². The van der Waals surface area contributed by atoms with Crippen LogP contribution < -0.4 is 5.32 Å². The molecule has 1 heterocycles. The minimum absolute atomic E-state index is 0.207. The molecule has 0 bridgehead atoms. The van der Waals surface area contributed by atoms with Crippen molar-refractivity contribution in [3.63, 3.8) is 0 Å². The fraction of sp³-hybridized carbons (Fsp3) is 0.0833. The lowest BCUT2D eigenvalue weighted by molar-refractivity contribution is -0.135. The Kier molecular flexibility index (Phi) is 3.38. The molecule has 1 aliphatic rings. The molecule has 6 heteroatoms. The molecule has 1 aliphatic heterocycles. The molecule has 1 amide bonds. The lowest BCUT2D eigenvalue weighted by atomic mass is 10.2. The van der Waals surface area contributed by atoms with E-state index in [2.05, 4.69) is 15.2 Å². The zero-order valence-electron chi connectivity index (χ0n) is 9.54. The summed E-state index contributed by atoms with van der Waals surface area (Å²) in [4.78, 5) is 27.5. The summed E-state index contributed by atoms with van der Waals surface area (Å²) in [6.07, 6.45) is 0.931.